The van der Waals surface area contributed by atoms with Crippen LogP contribution in [0.5, 0.6) is 0 Å². The van der Waals surface area contributed by atoms with Gasteiger partial charge in [0, 0.05) is 31.9 Å². The lowest BCUT2D eigenvalue weighted by molar-refractivity contribution is 0.425. The Kier molecular flexibility index (Phi) is 5.77. The molecule has 0 aliphatic carbocycles. The largest absolute Gasteiger partial charge is 0.369 e. The van der Waals surface area contributed by atoms with E-state index in [2.05, 4.69) is 15.2 Å². The van der Waals surface area contributed by atoms with Crippen LogP contribution < -0.4 is 5.32 Å². The van der Waals surface area contributed by atoms with E-state index in [1.807, 2.05) is 32.3 Å². The van der Waals surface area contributed by atoms with Crippen molar-refractivity contribution in [2.45, 2.75) is 12.8 Å². The lowest BCUT2D eigenvalue weighted by Crippen LogP contribution is -2.27. The van der Waals surface area contributed by atoms with Crippen molar-refractivity contribution in [3.63, 3.8) is 0 Å². The van der Waals surface area contributed by atoms with Crippen molar-refractivity contribution in [3.8, 4) is 0 Å². The van der Waals surface area contributed by atoms with Gasteiger partial charge in [-0.05, 0) is 45.0 Å². The summed E-state index contributed by atoms with van der Waals surface area (Å²) in [6.45, 7) is 3.05. The normalized spacial score (nSPS) is 19.7. The van der Waals surface area contributed by atoms with E-state index >= 15 is 0 Å². The second-order valence-corrected chi connectivity index (χ2v) is 8.21. The van der Waals surface area contributed by atoms with Gasteiger partial charge in [0.05, 0.1) is 6.26 Å². The maximum absolute atomic E-state index is 11.6. The highest BCUT2D eigenvalue weighted by atomic mass is 32.2. The molecule has 7 heteroatoms. The third-order valence-electron chi connectivity index (χ3n) is 3.89. The molecular weight excluding hydrogens is 300 g/mol. The highest BCUT2D eigenvalue weighted by Crippen LogP contribution is 2.22. The van der Waals surface area contributed by atoms with E-state index in [0.717, 1.165) is 37.4 Å². The standard InChI is InChI=1S/C15H26N4O2S/c1-18(2)10-8-16-15-6-4-5-14(17-15)11-13-7-9-19(12-13)22(3,20)21/h4-6,13H,7-12H2,1-3H3,(H,16,17)/t13-/m1/s1. The van der Waals surface area contributed by atoms with Gasteiger partial charge in [0.25, 0.3) is 0 Å². The van der Waals surface area contributed by atoms with E-state index in [1.165, 1.54) is 6.26 Å². The van der Waals surface area contributed by atoms with Crippen molar-refractivity contribution in [1.29, 1.82) is 0 Å². The predicted molar refractivity (Wildman–Crippen MR) is 89.5 cm³/mol. The summed E-state index contributed by atoms with van der Waals surface area (Å²) >= 11 is 0. The molecule has 22 heavy (non-hydrogen) atoms. The van der Waals surface area contributed by atoms with Crippen molar-refractivity contribution in [3.05, 3.63) is 23.9 Å². The number of nitrogens with zero attached hydrogens (tertiary/aromatic N) is 3. The molecule has 0 bridgehead atoms. The van der Waals surface area contributed by atoms with Crippen LogP contribution in [0, 0.1) is 5.92 Å². The quantitative estimate of drug-likeness (QED) is 0.806. The number of nitrogens with one attached hydrogen (secondary N) is 1. The van der Waals surface area contributed by atoms with Crippen LogP contribution in [0.15, 0.2) is 18.2 Å². The van der Waals surface area contributed by atoms with Gasteiger partial charge in [0.1, 0.15) is 5.82 Å². The number of likely N-dealkylation sites (N-methyl/N-ethyl adjacent to an activating group) is 1. The number of hydrogen-bond acceptors (Lipinski definition) is 5. The molecular formula is C15H26N4O2S. The van der Waals surface area contributed by atoms with Crippen LogP contribution >= 0.6 is 0 Å². The minimum Gasteiger partial charge on any atom is -0.369 e. The number of anilines is 1. The first-order valence-corrected chi connectivity index (χ1v) is 9.49. The molecule has 1 aromatic heterocycles. The third-order valence-corrected chi connectivity index (χ3v) is 5.16. The van der Waals surface area contributed by atoms with E-state index in [9.17, 15) is 8.42 Å². The highest BCUT2D eigenvalue weighted by molar-refractivity contribution is 7.88. The van der Waals surface area contributed by atoms with E-state index in [1.54, 1.807) is 4.31 Å². The molecule has 1 atom stereocenters. The Bertz CT molecular complexity index is 589. The molecule has 0 saturated carbocycles. The number of pyridine rings is 1. The van der Waals surface area contributed by atoms with Gasteiger partial charge in [-0.3, -0.25) is 0 Å². The molecule has 1 saturated heterocycles. The second kappa shape index (κ2) is 7.39. The second-order valence-electron chi connectivity index (χ2n) is 6.22. The fraction of sp³-hybridized carbons (Fsp3) is 0.667. The number of rotatable bonds is 7. The van der Waals surface area contributed by atoms with Crippen LogP contribution in [0.3, 0.4) is 0 Å². The minimum absolute atomic E-state index is 0.360. The van der Waals surface area contributed by atoms with Gasteiger partial charge in [-0.1, -0.05) is 6.07 Å². The Hall–Kier alpha value is -1.18. The average Bonchev–Trinajstić information content (AvgIpc) is 2.87. The molecule has 0 unspecified atom stereocenters. The molecule has 0 aromatic carbocycles. The molecule has 0 spiro atoms. The van der Waals surface area contributed by atoms with E-state index in [-0.39, 0.29) is 0 Å². The first-order valence-electron chi connectivity index (χ1n) is 7.64. The van der Waals surface area contributed by atoms with Gasteiger partial charge in [0.2, 0.25) is 10.0 Å². The Balaban J connectivity index is 1.88. The third kappa shape index (κ3) is 5.23. The van der Waals surface area contributed by atoms with E-state index in [4.69, 9.17) is 0 Å². The monoisotopic (exact) mass is 326 g/mol. The number of sulfonamides is 1. The zero-order valence-corrected chi connectivity index (χ0v) is 14.4. The average molecular weight is 326 g/mol. The van der Waals surface area contributed by atoms with E-state index < -0.39 is 10.0 Å². The molecule has 2 heterocycles. The summed E-state index contributed by atoms with van der Waals surface area (Å²) in [5, 5.41) is 3.32. The predicted octanol–water partition coefficient (Wildman–Crippen LogP) is 0.879. The van der Waals surface area contributed by atoms with Crippen molar-refractivity contribution >= 4 is 15.8 Å². The molecule has 1 aliphatic rings. The molecule has 6 nitrogen and oxygen atoms in total. The summed E-state index contributed by atoms with van der Waals surface area (Å²) in [6, 6.07) is 5.99. The molecule has 0 radical (unpaired) electrons. The van der Waals surface area contributed by atoms with Gasteiger partial charge < -0.3 is 10.2 Å². The first-order chi connectivity index (χ1) is 10.3. The van der Waals surface area contributed by atoms with Crippen LogP contribution in [-0.4, -0.2) is 69.1 Å². The van der Waals surface area contributed by atoms with Gasteiger partial charge in [-0.2, -0.15) is 0 Å². The lowest BCUT2D eigenvalue weighted by Gasteiger charge is -2.14. The zero-order valence-electron chi connectivity index (χ0n) is 13.6. The van der Waals surface area contributed by atoms with Crippen molar-refractivity contribution in [2.24, 2.45) is 5.92 Å². The molecule has 2 rings (SSSR count). The van der Waals surface area contributed by atoms with Gasteiger partial charge in [-0.15, -0.1) is 0 Å². The minimum atomic E-state index is -3.06. The lowest BCUT2D eigenvalue weighted by atomic mass is 10.0. The maximum Gasteiger partial charge on any atom is 0.211 e. The Morgan fingerprint density at radius 2 is 2.18 bits per heavy atom. The van der Waals surface area contributed by atoms with Gasteiger partial charge in [-0.25, -0.2) is 17.7 Å². The van der Waals surface area contributed by atoms with Crippen LogP contribution in [0.1, 0.15) is 12.1 Å². The first kappa shape index (κ1) is 17.2. The maximum atomic E-state index is 11.6. The Morgan fingerprint density at radius 3 is 2.82 bits per heavy atom. The number of aromatic nitrogens is 1. The molecule has 124 valence electrons. The summed E-state index contributed by atoms with van der Waals surface area (Å²) < 4.78 is 24.7. The molecule has 1 aliphatic heterocycles. The summed E-state index contributed by atoms with van der Waals surface area (Å²) in [5.74, 6) is 1.25. The van der Waals surface area contributed by atoms with Crippen molar-refractivity contribution < 1.29 is 8.42 Å². The smallest absolute Gasteiger partial charge is 0.211 e. The fourth-order valence-corrected chi connectivity index (χ4v) is 3.58. The van der Waals surface area contributed by atoms with Crippen molar-refractivity contribution in [2.75, 3.05) is 51.8 Å². The van der Waals surface area contributed by atoms with Crippen LogP contribution in [0.4, 0.5) is 5.82 Å². The number of hydrogen-bond donors (Lipinski definition) is 1. The van der Waals surface area contributed by atoms with Crippen LogP contribution in [0.25, 0.3) is 0 Å². The Labute approximate surface area is 133 Å². The van der Waals surface area contributed by atoms with Crippen molar-refractivity contribution in [1.82, 2.24) is 14.2 Å². The topological polar surface area (TPSA) is 65.5 Å². The Morgan fingerprint density at radius 1 is 1.41 bits per heavy atom. The highest BCUT2D eigenvalue weighted by Gasteiger charge is 2.28. The van der Waals surface area contributed by atoms with Gasteiger partial charge in [0.15, 0.2) is 0 Å². The summed E-state index contributed by atoms with van der Waals surface area (Å²) in [7, 11) is 1.02. The molecule has 1 fully saturated rings. The molecule has 1 N–H and O–H groups in total. The summed E-state index contributed by atoms with van der Waals surface area (Å²) in [5.41, 5.74) is 1.02. The SMILES string of the molecule is CN(C)CCNc1cccc(C[C@H]2CCN(S(C)(=O)=O)C2)n1. The zero-order chi connectivity index (χ0) is 16.2. The molecule has 1 aromatic rings. The van der Waals surface area contributed by atoms with Gasteiger partial charge >= 0.3 is 0 Å². The summed E-state index contributed by atoms with van der Waals surface area (Å²) in [4.78, 5) is 6.74. The van der Waals surface area contributed by atoms with Crippen LogP contribution in [0.2, 0.25) is 0 Å². The summed E-state index contributed by atoms with van der Waals surface area (Å²) in [6.07, 6.45) is 3.02. The molecule has 0 amide bonds. The van der Waals surface area contributed by atoms with Crippen LogP contribution in [-0.2, 0) is 16.4 Å². The van der Waals surface area contributed by atoms with E-state index in [0.29, 0.717) is 19.0 Å². The fourth-order valence-electron chi connectivity index (χ4n) is 2.66.